The third-order valence-corrected chi connectivity index (χ3v) is 4.56. The topological polar surface area (TPSA) is 58.4 Å². The van der Waals surface area contributed by atoms with Crippen molar-refractivity contribution in [3.8, 4) is 0 Å². The minimum Gasteiger partial charge on any atom is -0.352 e. The first-order valence-electron chi connectivity index (χ1n) is 8.03. The lowest BCUT2D eigenvalue weighted by molar-refractivity contribution is -0.123. The molecule has 2 rings (SSSR count). The maximum absolute atomic E-state index is 12.1. The van der Waals surface area contributed by atoms with Crippen LogP contribution in [0.1, 0.15) is 57.8 Å². The Labute approximate surface area is 117 Å². The van der Waals surface area contributed by atoms with Gasteiger partial charge in [0.15, 0.2) is 0 Å². The summed E-state index contributed by atoms with van der Waals surface area (Å²) in [7, 11) is 0. The number of carbonyl (C=O) groups excluding carboxylic acids is 1. The van der Waals surface area contributed by atoms with Crippen LogP contribution in [0.2, 0.25) is 0 Å². The van der Waals surface area contributed by atoms with Crippen LogP contribution in [-0.4, -0.2) is 42.5 Å². The molecule has 0 aromatic rings. The van der Waals surface area contributed by atoms with Crippen LogP contribution >= 0.6 is 0 Å². The van der Waals surface area contributed by atoms with Gasteiger partial charge in [0.05, 0.1) is 6.54 Å². The quantitative estimate of drug-likeness (QED) is 0.769. The van der Waals surface area contributed by atoms with E-state index in [-0.39, 0.29) is 5.91 Å². The fourth-order valence-corrected chi connectivity index (χ4v) is 3.49. The Kier molecular flexibility index (Phi) is 6.11. The molecule has 0 aromatic heterocycles. The normalized spacial score (nSPS) is 25.6. The fourth-order valence-electron chi connectivity index (χ4n) is 3.49. The zero-order chi connectivity index (χ0) is 13.5. The third-order valence-electron chi connectivity index (χ3n) is 4.56. The highest BCUT2D eigenvalue weighted by molar-refractivity contribution is 5.78. The maximum atomic E-state index is 12.1. The molecule has 1 amide bonds. The highest BCUT2D eigenvalue weighted by Crippen LogP contribution is 2.21. The Balaban J connectivity index is 1.71. The minimum absolute atomic E-state index is 0.228. The molecule has 1 unspecified atom stereocenters. The molecule has 0 spiro atoms. The number of nitrogens with two attached hydrogens (primary N) is 1. The lowest BCUT2D eigenvalue weighted by Gasteiger charge is -2.27. The molecule has 2 aliphatic rings. The number of likely N-dealkylation sites (tertiary alicyclic amines) is 1. The van der Waals surface area contributed by atoms with E-state index in [1.54, 1.807) is 0 Å². The van der Waals surface area contributed by atoms with Crippen LogP contribution in [0.4, 0.5) is 0 Å². The lowest BCUT2D eigenvalue weighted by Crippen LogP contribution is -2.44. The van der Waals surface area contributed by atoms with Gasteiger partial charge in [0.25, 0.3) is 0 Å². The van der Waals surface area contributed by atoms with Gasteiger partial charge in [0.1, 0.15) is 0 Å². The van der Waals surface area contributed by atoms with E-state index in [2.05, 4.69) is 10.2 Å². The number of rotatable bonds is 6. The molecule has 19 heavy (non-hydrogen) atoms. The smallest absolute Gasteiger partial charge is 0.234 e. The zero-order valence-electron chi connectivity index (χ0n) is 12.1. The van der Waals surface area contributed by atoms with Crippen LogP contribution < -0.4 is 11.1 Å². The summed E-state index contributed by atoms with van der Waals surface area (Å²) in [5, 5.41) is 3.22. The molecule has 1 aliphatic heterocycles. The number of hydrogen-bond donors (Lipinski definition) is 2. The first-order chi connectivity index (χ1) is 9.29. The summed E-state index contributed by atoms with van der Waals surface area (Å²) in [5.74, 6) is 0.228. The molecular formula is C15H29N3O. The molecule has 110 valence electrons. The largest absolute Gasteiger partial charge is 0.352 e. The highest BCUT2D eigenvalue weighted by atomic mass is 16.2. The number of hydrogen-bond acceptors (Lipinski definition) is 3. The van der Waals surface area contributed by atoms with Gasteiger partial charge in [-0.05, 0) is 51.6 Å². The van der Waals surface area contributed by atoms with E-state index in [0.717, 1.165) is 25.9 Å². The standard InChI is InChI=1S/C15H29N3O/c16-10-4-8-14-9-5-11-18(14)12-15(19)17-13-6-2-1-3-7-13/h13-14H,1-12,16H2,(H,17,19). The van der Waals surface area contributed by atoms with E-state index in [4.69, 9.17) is 5.73 Å². The van der Waals surface area contributed by atoms with E-state index in [1.165, 1.54) is 44.9 Å². The van der Waals surface area contributed by atoms with Crippen LogP contribution in [0.3, 0.4) is 0 Å². The SMILES string of the molecule is NCCCC1CCCN1CC(=O)NC1CCCCC1. The Morgan fingerprint density at radius 3 is 2.68 bits per heavy atom. The molecule has 4 nitrogen and oxygen atoms in total. The molecule has 1 saturated heterocycles. The summed E-state index contributed by atoms with van der Waals surface area (Å²) in [5.41, 5.74) is 5.58. The number of nitrogens with one attached hydrogen (secondary N) is 1. The van der Waals surface area contributed by atoms with E-state index in [0.29, 0.717) is 18.6 Å². The Morgan fingerprint density at radius 2 is 1.95 bits per heavy atom. The number of carbonyl (C=O) groups is 1. The molecular weight excluding hydrogens is 238 g/mol. The molecule has 1 saturated carbocycles. The maximum Gasteiger partial charge on any atom is 0.234 e. The highest BCUT2D eigenvalue weighted by Gasteiger charge is 2.26. The summed E-state index contributed by atoms with van der Waals surface area (Å²) < 4.78 is 0. The van der Waals surface area contributed by atoms with Crippen LogP contribution in [-0.2, 0) is 4.79 Å². The van der Waals surface area contributed by atoms with Crippen molar-refractivity contribution in [1.82, 2.24) is 10.2 Å². The third kappa shape index (κ3) is 4.77. The van der Waals surface area contributed by atoms with Crippen LogP contribution in [0, 0.1) is 0 Å². The molecule has 4 heteroatoms. The van der Waals surface area contributed by atoms with Gasteiger partial charge in [-0.3, -0.25) is 9.69 Å². The average Bonchev–Trinajstić information content (AvgIpc) is 2.84. The Morgan fingerprint density at radius 1 is 1.16 bits per heavy atom. The van der Waals surface area contributed by atoms with Crippen LogP contribution in [0.25, 0.3) is 0 Å². The summed E-state index contributed by atoms with van der Waals surface area (Å²) in [4.78, 5) is 14.5. The van der Waals surface area contributed by atoms with Gasteiger partial charge in [-0.2, -0.15) is 0 Å². The molecule has 0 bridgehead atoms. The van der Waals surface area contributed by atoms with Gasteiger partial charge in [-0.1, -0.05) is 19.3 Å². The van der Waals surface area contributed by atoms with Gasteiger partial charge >= 0.3 is 0 Å². The molecule has 0 aromatic carbocycles. The summed E-state index contributed by atoms with van der Waals surface area (Å²) in [6.07, 6.45) is 10.9. The average molecular weight is 267 g/mol. The molecule has 1 atom stereocenters. The molecule has 3 N–H and O–H groups in total. The summed E-state index contributed by atoms with van der Waals surface area (Å²) in [6, 6.07) is 1.02. The number of nitrogens with zero attached hydrogens (tertiary/aromatic N) is 1. The van der Waals surface area contributed by atoms with Crippen LogP contribution in [0.5, 0.6) is 0 Å². The molecule has 1 aliphatic carbocycles. The van der Waals surface area contributed by atoms with Crippen LogP contribution in [0.15, 0.2) is 0 Å². The summed E-state index contributed by atoms with van der Waals surface area (Å²) in [6.45, 7) is 2.43. The van der Waals surface area contributed by atoms with Crippen molar-refractivity contribution >= 4 is 5.91 Å². The second kappa shape index (κ2) is 7.85. The zero-order valence-corrected chi connectivity index (χ0v) is 12.1. The molecule has 1 heterocycles. The number of amides is 1. The minimum atomic E-state index is 0.228. The van der Waals surface area contributed by atoms with Gasteiger partial charge in [-0.15, -0.1) is 0 Å². The van der Waals surface area contributed by atoms with E-state index < -0.39 is 0 Å². The lowest BCUT2D eigenvalue weighted by atomic mass is 9.95. The van der Waals surface area contributed by atoms with Crippen molar-refractivity contribution in [2.45, 2.75) is 69.9 Å². The van der Waals surface area contributed by atoms with Gasteiger partial charge in [0.2, 0.25) is 5.91 Å². The van der Waals surface area contributed by atoms with Crippen molar-refractivity contribution in [3.05, 3.63) is 0 Å². The monoisotopic (exact) mass is 267 g/mol. The predicted octanol–water partition coefficient (Wildman–Crippen LogP) is 1.64. The Hall–Kier alpha value is -0.610. The van der Waals surface area contributed by atoms with Gasteiger partial charge in [0, 0.05) is 12.1 Å². The first-order valence-corrected chi connectivity index (χ1v) is 8.03. The van der Waals surface area contributed by atoms with Gasteiger partial charge in [-0.25, -0.2) is 0 Å². The Bertz CT molecular complexity index is 277. The summed E-state index contributed by atoms with van der Waals surface area (Å²) >= 11 is 0. The van der Waals surface area contributed by atoms with Crippen molar-refractivity contribution in [3.63, 3.8) is 0 Å². The first kappa shape index (κ1) is 14.8. The van der Waals surface area contributed by atoms with Crippen molar-refractivity contribution < 1.29 is 4.79 Å². The molecule has 2 fully saturated rings. The van der Waals surface area contributed by atoms with Crippen molar-refractivity contribution in [1.29, 1.82) is 0 Å². The predicted molar refractivity (Wildman–Crippen MR) is 77.9 cm³/mol. The van der Waals surface area contributed by atoms with E-state index >= 15 is 0 Å². The second-order valence-corrected chi connectivity index (χ2v) is 6.10. The fraction of sp³-hybridized carbons (Fsp3) is 0.933. The van der Waals surface area contributed by atoms with E-state index in [9.17, 15) is 4.79 Å². The van der Waals surface area contributed by atoms with Gasteiger partial charge < -0.3 is 11.1 Å². The molecule has 0 radical (unpaired) electrons. The van der Waals surface area contributed by atoms with Crippen molar-refractivity contribution in [2.24, 2.45) is 5.73 Å². The van der Waals surface area contributed by atoms with Crippen molar-refractivity contribution in [2.75, 3.05) is 19.6 Å². The van der Waals surface area contributed by atoms with E-state index in [1.807, 2.05) is 0 Å². The second-order valence-electron chi connectivity index (χ2n) is 6.10.